The highest BCUT2D eigenvalue weighted by Crippen LogP contribution is 2.38. The fraction of sp³-hybridized carbons (Fsp3) is 0.263. The van der Waals surface area contributed by atoms with Crippen LogP contribution in [0, 0.1) is 0 Å². The van der Waals surface area contributed by atoms with Crippen molar-refractivity contribution >= 4 is 27.6 Å². The molecule has 8 heteroatoms. The number of methoxy groups -OCH3 is 1. The summed E-state index contributed by atoms with van der Waals surface area (Å²) < 4.78 is 45.5. The van der Waals surface area contributed by atoms with E-state index in [-0.39, 0.29) is 35.1 Å². The standard InChI is InChI=1S/C19H15BrF3NO3/c1-27-13-4-2-11(3-5-13)9-24-10-15-14(18(24)26)6-12(17(25)8-20)7-16(15)19(21,22)23/h2-7H,8-10H2,1H3. The van der Waals surface area contributed by atoms with Crippen LogP contribution in [-0.4, -0.2) is 29.0 Å². The smallest absolute Gasteiger partial charge is 0.416 e. The molecule has 1 heterocycles. The lowest BCUT2D eigenvalue weighted by Gasteiger charge is -2.16. The predicted molar refractivity (Wildman–Crippen MR) is 96.1 cm³/mol. The minimum absolute atomic E-state index is 0.0670. The molecule has 2 aromatic carbocycles. The molecule has 0 spiro atoms. The summed E-state index contributed by atoms with van der Waals surface area (Å²) in [5.74, 6) is -0.382. The van der Waals surface area contributed by atoms with E-state index in [2.05, 4.69) is 15.9 Å². The van der Waals surface area contributed by atoms with Crippen molar-refractivity contribution in [2.45, 2.75) is 19.3 Å². The number of hydrogen-bond donors (Lipinski definition) is 0. The van der Waals surface area contributed by atoms with Crippen molar-refractivity contribution in [3.05, 3.63) is 64.2 Å². The van der Waals surface area contributed by atoms with Crippen molar-refractivity contribution in [3.63, 3.8) is 0 Å². The molecule has 0 saturated carbocycles. The monoisotopic (exact) mass is 441 g/mol. The number of ether oxygens (including phenoxy) is 1. The first-order valence-electron chi connectivity index (χ1n) is 8.00. The number of fused-ring (bicyclic) bond motifs is 1. The Balaban J connectivity index is 1.96. The summed E-state index contributed by atoms with van der Waals surface area (Å²) in [6, 6.07) is 9.02. The number of hydrogen-bond acceptors (Lipinski definition) is 3. The maximum atomic E-state index is 13.5. The van der Waals surface area contributed by atoms with Gasteiger partial charge in [0.05, 0.1) is 18.0 Å². The minimum atomic E-state index is -4.65. The summed E-state index contributed by atoms with van der Waals surface area (Å²) in [4.78, 5) is 25.9. The Morgan fingerprint density at radius 1 is 1.22 bits per heavy atom. The lowest BCUT2D eigenvalue weighted by molar-refractivity contribution is -0.138. The third-order valence-electron chi connectivity index (χ3n) is 4.40. The summed E-state index contributed by atoms with van der Waals surface area (Å²) in [5.41, 5.74) is -0.454. The zero-order chi connectivity index (χ0) is 19.8. The molecule has 0 aliphatic carbocycles. The predicted octanol–water partition coefficient (Wildman–Crippen LogP) is 4.45. The Morgan fingerprint density at radius 2 is 1.89 bits per heavy atom. The molecule has 0 atom stereocenters. The fourth-order valence-corrected chi connectivity index (χ4v) is 3.36. The van der Waals surface area contributed by atoms with Crippen molar-refractivity contribution in [1.82, 2.24) is 4.90 Å². The van der Waals surface area contributed by atoms with Crippen LogP contribution in [0.2, 0.25) is 0 Å². The van der Waals surface area contributed by atoms with E-state index in [1.54, 1.807) is 24.3 Å². The molecule has 0 fully saturated rings. The van der Waals surface area contributed by atoms with Gasteiger partial charge < -0.3 is 9.64 Å². The van der Waals surface area contributed by atoms with Crippen LogP contribution in [-0.2, 0) is 19.3 Å². The van der Waals surface area contributed by atoms with Crippen LogP contribution in [0.1, 0.15) is 37.4 Å². The number of Topliss-reactive ketones (excluding diaryl/α,β-unsaturated/α-hetero) is 1. The van der Waals surface area contributed by atoms with E-state index in [4.69, 9.17) is 4.74 Å². The third-order valence-corrected chi connectivity index (χ3v) is 4.91. The quantitative estimate of drug-likeness (QED) is 0.508. The Labute approximate surface area is 162 Å². The van der Waals surface area contributed by atoms with Crippen LogP contribution >= 0.6 is 15.9 Å². The fourth-order valence-electron chi connectivity index (χ4n) is 3.04. The van der Waals surface area contributed by atoms with Gasteiger partial charge in [0, 0.05) is 24.2 Å². The molecule has 0 saturated heterocycles. The van der Waals surface area contributed by atoms with E-state index in [1.165, 1.54) is 18.1 Å². The number of carbonyl (C=O) groups is 2. The average molecular weight is 442 g/mol. The first-order chi connectivity index (χ1) is 12.7. The van der Waals surface area contributed by atoms with Gasteiger partial charge in [-0.3, -0.25) is 9.59 Å². The van der Waals surface area contributed by atoms with Crippen LogP contribution in [0.15, 0.2) is 36.4 Å². The number of nitrogens with zero attached hydrogens (tertiary/aromatic N) is 1. The summed E-state index contributed by atoms with van der Waals surface area (Å²) in [7, 11) is 1.53. The number of rotatable bonds is 5. The number of carbonyl (C=O) groups excluding carboxylic acids is 2. The van der Waals surface area contributed by atoms with Gasteiger partial charge in [-0.1, -0.05) is 28.1 Å². The zero-order valence-electron chi connectivity index (χ0n) is 14.3. The van der Waals surface area contributed by atoms with Crippen LogP contribution < -0.4 is 4.74 Å². The van der Waals surface area contributed by atoms with Gasteiger partial charge in [-0.05, 0) is 35.4 Å². The lowest BCUT2D eigenvalue weighted by Crippen LogP contribution is -2.23. The summed E-state index contributed by atoms with van der Waals surface area (Å²) in [5, 5.41) is -0.118. The maximum Gasteiger partial charge on any atom is 0.416 e. The molecule has 1 aliphatic rings. The molecular formula is C19H15BrF3NO3. The Bertz CT molecular complexity index is 894. The van der Waals surface area contributed by atoms with Gasteiger partial charge in [-0.15, -0.1) is 0 Å². The molecule has 2 aromatic rings. The Hall–Kier alpha value is -2.35. The Morgan fingerprint density at radius 3 is 2.44 bits per heavy atom. The van der Waals surface area contributed by atoms with Gasteiger partial charge in [-0.25, -0.2) is 0 Å². The minimum Gasteiger partial charge on any atom is -0.497 e. The van der Waals surface area contributed by atoms with E-state index in [1.807, 2.05) is 0 Å². The van der Waals surface area contributed by atoms with Gasteiger partial charge >= 0.3 is 6.18 Å². The topological polar surface area (TPSA) is 46.6 Å². The molecule has 1 amide bonds. The van der Waals surface area contributed by atoms with E-state index in [0.717, 1.165) is 11.6 Å². The summed E-state index contributed by atoms with van der Waals surface area (Å²) >= 11 is 2.95. The summed E-state index contributed by atoms with van der Waals surface area (Å²) in [6.45, 7) is 0.00828. The molecule has 27 heavy (non-hydrogen) atoms. The van der Waals surface area contributed by atoms with E-state index >= 15 is 0 Å². The highest BCUT2D eigenvalue weighted by atomic mass is 79.9. The highest BCUT2D eigenvalue weighted by Gasteiger charge is 2.40. The average Bonchev–Trinajstić information content (AvgIpc) is 2.96. The Kier molecular flexibility index (Phi) is 5.28. The lowest BCUT2D eigenvalue weighted by atomic mass is 9.97. The van der Waals surface area contributed by atoms with Gasteiger partial charge in [0.1, 0.15) is 5.75 Å². The van der Waals surface area contributed by atoms with Crippen LogP contribution in [0.25, 0.3) is 0 Å². The first-order valence-corrected chi connectivity index (χ1v) is 9.12. The van der Waals surface area contributed by atoms with Crippen LogP contribution in [0.3, 0.4) is 0 Å². The zero-order valence-corrected chi connectivity index (χ0v) is 15.9. The molecule has 0 radical (unpaired) electrons. The maximum absolute atomic E-state index is 13.5. The van der Waals surface area contributed by atoms with Gasteiger partial charge in [0.25, 0.3) is 5.91 Å². The molecule has 3 rings (SSSR count). The largest absolute Gasteiger partial charge is 0.497 e. The third kappa shape index (κ3) is 3.85. The van der Waals surface area contributed by atoms with E-state index in [9.17, 15) is 22.8 Å². The SMILES string of the molecule is COc1ccc(CN2Cc3c(cc(C(=O)CBr)cc3C(F)(F)F)C2=O)cc1. The van der Waals surface area contributed by atoms with Crippen molar-refractivity contribution in [3.8, 4) is 5.75 Å². The first kappa shape index (κ1) is 19.4. The van der Waals surface area contributed by atoms with Crippen LogP contribution in [0.5, 0.6) is 5.75 Å². The van der Waals surface area contributed by atoms with Gasteiger partial charge in [0.2, 0.25) is 0 Å². The normalized spacial score (nSPS) is 13.7. The molecule has 4 nitrogen and oxygen atoms in total. The van der Waals surface area contributed by atoms with Crippen LogP contribution in [0.4, 0.5) is 13.2 Å². The molecule has 142 valence electrons. The van der Waals surface area contributed by atoms with E-state index in [0.29, 0.717) is 5.75 Å². The van der Waals surface area contributed by atoms with E-state index < -0.39 is 23.4 Å². The number of amides is 1. The number of benzene rings is 2. The molecule has 1 aliphatic heterocycles. The second-order valence-corrected chi connectivity index (χ2v) is 6.67. The van der Waals surface area contributed by atoms with Crippen molar-refractivity contribution in [2.24, 2.45) is 0 Å². The molecule has 0 N–H and O–H groups in total. The molecule has 0 bridgehead atoms. The van der Waals surface area contributed by atoms with Crippen molar-refractivity contribution < 1.29 is 27.5 Å². The van der Waals surface area contributed by atoms with Gasteiger partial charge in [0.15, 0.2) is 5.78 Å². The second kappa shape index (κ2) is 7.34. The molecule has 0 aromatic heterocycles. The summed E-state index contributed by atoms with van der Waals surface area (Å²) in [6.07, 6.45) is -4.65. The van der Waals surface area contributed by atoms with Crippen molar-refractivity contribution in [2.75, 3.05) is 12.4 Å². The molecular weight excluding hydrogens is 427 g/mol. The number of alkyl halides is 4. The molecule has 0 unspecified atom stereocenters. The number of halogens is 4. The second-order valence-electron chi connectivity index (χ2n) is 6.11. The highest BCUT2D eigenvalue weighted by molar-refractivity contribution is 9.09. The van der Waals surface area contributed by atoms with Crippen molar-refractivity contribution in [1.29, 1.82) is 0 Å². The van der Waals surface area contributed by atoms with Gasteiger partial charge in [-0.2, -0.15) is 13.2 Å². The number of ketones is 1.